The van der Waals surface area contributed by atoms with E-state index >= 15 is 0 Å². The summed E-state index contributed by atoms with van der Waals surface area (Å²) in [6.07, 6.45) is 4.32. The summed E-state index contributed by atoms with van der Waals surface area (Å²) in [5.74, 6) is -1.88. The van der Waals surface area contributed by atoms with Gasteiger partial charge < -0.3 is 15.5 Å². The van der Waals surface area contributed by atoms with E-state index in [-0.39, 0.29) is 16.7 Å². The lowest BCUT2D eigenvalue weighted by molar-refractivity contribution is -0.133. The van der Waals surface area contributed by atoms with Crippen molar-refractivity contribution in [3.05, 3.63) is 23.3 Å². The minimum atomic E-state index is -0.939. The molecule has 0 aromatic rings. The summed E-state index contributed by atoms with van der Waals surface area (Å²) in [6.45, 7) is 5.00. The third-order valence-electron chi connectivity index (χ3n) is 3.00. The second-order valence-corrected chi connectivity index (χ2v) is 4.60. The molecular weight excluding hydrogens is 234 g/mol. The van der Waals surface area contributed by atoms with Crippen molar-refractivity contribution in [2.24, 2.45) is 0 Å². The first-order valence-electron chi connectivity index (χ1n) is 5.71. The largest absolute Gasteiger partial charge is 0.478 e. The van der Waals surface area contributed by atoms with Crippen LogP contribution in [-0.4, -0.2) is 34.7 Å². The van der Waals surface area contributed by atoms with E-state index in [4.69, 9.17) is 10.2 Å². The standard InChI is InChI=1S/C13H21NO4/c1-9(11(15)16)5-7-13(3,14-4)8-6-10(2)12(17)18/h5-6,14H,7-8H2,1-4H3,(H,15,16)(H,17,18). The van der Waals surface area contributed by atoms with Gasteiger partial charge in [0.2, 0.25) is 0 Å². The highest BCUT2D eigenvalue weighted by Crippen LogP contribution is 2.18. The highest BCUT2D eigenvalue weighted by atomic mass is 16.4. The Labute approximate surface area is 107 Å². The van der Waals surface area contributed by atoms with Gasteiger partial charge in [-0.25, -0.2) is 9.59 Å². The quantitative estimate of drug-likeness (QED) is 0.604. The first-order chi connectivity index (χ1) is 8.22. The molecule has 0 aromatic carbocycles. The van der Waals surface area contributed by atoms with E-state index in [1.165, 1.54) is 13.8 Å². The Kier molecular flexibility index (Phi) is 6.33. The van der Waals surface area contributed by atoms with Crippen LogP contribution in [0.3, 0.4) is 0 Å². The zero-order valence-electron chi connectivity index (χ0n) is 11.3. The molecule has 0 saturated heterocycles. The van der Waals surface area contributed by atoms with E-state index in [0.29, 0.717) is 12.8 Å². The van der Waals surface area contributed by atoms with Crippen LogP contribution in [0.2, 0.25) is 0 Å². The molecule has 0 saturated carbocycles. The van der Waals surface area contributed by atoms with Gasteiger partial charge in [0.1, 0.15) is 0 Å². The van der Waals surface area contributed by atoms with Crippen molar-refractivity contribution in [2.75, 3.05) is 7.05 Å². The Morgan fingerprint density at radius 1 is 1.06 bits per heavy atom. The zero-order chi connectivity index (χ0) is 14.3. The monoisotopic (exact) mass is 255 g/mol. The average molecular weight is 255 g/mol. The molecule has 0 heterocycles. The van der Waals surface area contributed by atoms with Crippen LogP contribution < -0.4 is 5.32 Å². The van der Waals surface area contributed by atoms with Crippen molar-refractivity contribution in [1.82, 2.24) is 5.32 Å². The number of carboxylic acid groups (broad SMARTS) is 2. The SMILES string of the molecule is CNC(C)(CC=C(C)C(=O)O)CC=C(C)C(=O)O. The molecule has 0 aliphatic heterocycles. The highest BCUT2D eigenvalue weighted by Gasteiger charge is 2.20. The van der Waals surface area contributed by atoms with Crippen molar-refractivity contribution < 1.29 is 19.8 Å². The molecule has 0 aliphatic rings. The van der Waals surface area contributed by atoms with Gasteiger partial charge in [0.25, 0.3) is 0 Å². The Balaban J connectivity index is 4.73. The van der Waals surface area contributed by atoms with Gasteiger partial charge in [-0.1, -0.05) is 12.2 Å². The predicted molar refractivity (Wildman–Crippen MR) is 69.5 cm³/mol. The molecule has 0 spiro atoms. The summed E-state index contributed by atoms with van der Waals surface area (Å²) in [5, 5.41) is 20.6. The van der Waals surface area contributed by atoms with Crippen LogP contribution in [0.15, 0.2) is 23.3 Å². The van der Waals surface area contributed by atoms with Crippen molar-refractivity contribution in [1.29, 1.82) is 0 Å². The molecule has 0 rings (SSSR count). The van der Waals surface area contributed by atoms with Crippen molar-refractivity contribution in [3.8, 4) is 0 Å². The first-order valence-corrected chi connectivity index (χ1v) is 5.71. The van der Waals surface area contributed by atoms with Gasteiger partial charge in [-0.2, -0.15) is 0 Å². The van der Waals surface area contributed by atoms with E-state index in [1.807, 2.05) is 6.92 Å². The Morgan fingerprint density at radius 3 is 1.61 bits per heavy atom. The van der Waals surface area contributed by atoms with Crippen molar-refractivity contribution >= 4 is 11.9 Å². The van der Waals surface area contributed by atoms with Crippen molar-refractivity contribution in [3.63, 3.8) is 0 Å². The fourth-order valence-electron chi connectivity index (χ4n) is 1.22. The minimum absolute atomic E-state index is 0.287. The van der Waals surface area contributed by atoms with E-state index in [2.05, 4.69) is 5.32 Å². The van der Waals surface area contributed by atoms with Gasteiger partial charge >= 0.3 is 11.9 Å². The van der Waals surface area contributed by atoms with Gasteiger partial charge in [0, 0.05) is 16.7 Å². The van der Waals surface area contributed by atoms with Crippen LogP contribution in [0, 0.1) is 0 Å². The van der Waals surface area contributed by atoms with Gasteiger partial charge in [-0.3, -0.25) is 0 Å². The van der Waals surface area contributed by atoms with E-state index in [1.54, 1.807) is 19.2 Å². The Hall–Kier alpha value is -1.62. The van der Waals surface area contributed by atoms with Crippen LogP contribution >= 0.6 is 0 Å². The average Bonchev–Trinajstić information content (AvgIpc) is 2.32. The number of rotatable bonds is 7. The first kappa shape index (κ1) is 16.4. The normalized spacial score (nSPS) is 16.2. The number of carboxylic acids is 2. The van der Waals surface area contributed by atoms with Crippen molar-refractivity contribution in [2.45, 2.75) is 39.2 Å². The lowest BCUT2D eigenvalue weighted by Crippen LogP contribution is -2.38. The van der Waals surface area contributed by atoms with Crippen LogP contribution in [0.4, 0.5) is 0 Å². The molecule has 0 atom stereocenters. The summed E-state index contributed by atoms with van der Waals surface area (Å²) in [7, 11) is 1.77. The fraction of sp³-hybridized carbons (Fsp3) is 0.538. The molecule has 0 bridgehead atoms. The number of hydrogen-bond donors (Lipinski definition) is 3. The molecule has 5 heteroatoms. The van der Waals surface area contributed by atoms with Crippen LogP contribution in [0.1, 0.15) is 33.6 Å². The third-order valence-corrected chi connectivity index (χ3v) is 3.00. The van der Waals surface area contributed by atoms with Crippen LogP contribution in [0.5, 0.6) is 0 Å². The number of aliphatic carboxylic acids is 2. The van der Waals surface area contributed by atoms with Gasteiger partial charge in [0.15, 0.2) is 0 Å². The van der Waals surface area contributed by atoms with E-state index in [0.717, 1.165) is 0 Å². The topological polar surface area (TPSA) is 86.6 Å². The van der Waals surface area contributed by atoms with E-state index in [9.17, 15) is 9.59 Å². The molecule has 0 radical (unpaired) electrons. The van der Waals surface area contributed by atoms with Crippen LogP contribution in [-0.2, 0) is 9.59 Å². The third kappa shape index (κ3) is 5.63. The maximum atomic E-state index is 10.7. The molecule has 0 unspecified atom stereocenters. The van der Waals surface area contributed by atoms with Crippen LogP contribution in [0.25, 0.3) is 0 Å². The molecule has 5 nitrogen and oxygen atoms in total. The zero-order valence-corrected chi connectivity index (χ0v) is 11.3. The van der Waals surface area contributed by atoms with Gasteiger partial charge in [-0.05, 0) is 40.7 Å². The Bertz CT molecular complexity index is 350. The summed E-state index contributed by atoms with van der Waals surface area (Å²) < 4.78 is 0. The van der Waals surface area contributed by atoms with Gasteiger partial charge in [-0.15, -0.1) is 0 Å². The lowest BCUT2D eigenvalue weighted by Gasteiger charge is -2.27. The molecular formula is C13H21NO4. The summed E-state index contributed by atoms with van der Waals surface area (Å²) in [5.41, 5.74) is 0.221. The molecule has 0 aliphatic carbocycles. The maximum Gasteiger partial charge on any atom is 0.330 e. The molecule has 0 fully saturated rings. The second kappa shape index (κ2) is 6.96. The number of hydrogen-bond acceptors (Lipinski definition) is 3. The maximum absolute atomic E-state index is 10.7. The molecule has 0 amide bonds. The number of nitrogens with one attached hydrogen (secondary N) is 1. The lowest BCUT2D eigenvalue weighted by atomic mass is 9.91. The summed E-state index contributed by atoms with van der Waals surface area (Å²) in [6, 6.07) is 0. The molecule has 0 aromatic heterocycles. The Morgan fingerprint density at radius 2 is 1.39 bits per heavy atom. The summed E-state index contributed by atoms with van der Waals surface area (Å²) in [4.78, 5) is 21.4. The smallest absolute Gasteiger partial charge is 0.330 e. The summed E-state index contributed by atoms with van der Waals surface area (Å²) >= 11 is 0. The molecule has 102 valence electrons. The predicted octanol–water partition coefficient (Wildman–Crippen LogP) is 1.81. The highest BCUT2D eigenvalue weighted by molar-refractivity contribution is 5.86. The van der Waals surface area contributed by atoms with E-state index < -0.39 is 11.9 Å². The minimum Gasteiger partial charge on any atom is -0.478 e. The second-order valence-electron chi connectivity index (χ2n) is 4.60. The fourth-order valence-corrected chi connectivity index (χ4v) is 1.22. The number of carbonyl (C=O) groups is 2. The molecule has 18 heavy (non-hydrogen) atoms. The molecule has 3 N–H and O–H groups in total. The van der Waals surface area contributed by atoms with Gasteiger partial charge in [0.05, 0.1) is 0 Å².